The summed E-state index contributed by atoms with van der Waals surface area (Å²) in [5.74, 6) is 0.729. The zero-order chi connectivity index (χ0) is 23.0. The van der Waals surface area contributed by atoms with Gasteiger partial charge in [-0.2, -0.15) is 0 Å². The van der Waals surface area contributed by atoms with Gasteiger partial charge in [-0.1, -0.05) is 12.1 Å². The van der Waals surface area contributed by atoms with Crippen LogP contribution in [-0.2, 0) is 34.2 Å². The van der Waals surface area contributed by atoms with E-state index < -0.39 is 10.0 Å². The molecule has 1 aromatic heterocycles. The van der Waals surface area contributed by atoms with Crippen LogP contribution in [0, 0.1) is 0 Å². The van der Waals surface area contributed by atoms with E-state index in [0.717, 1.165) is 53.1 Å². The topological polar surface area (TPSA) is 66.9 Å². The minimum atomic E-state index is -3.85. The van der Waals surface area contributed by atoms with E-state index in [0.29, 0.717) is 18.8 Å². The molecular formula is C25H26N2O4S2. The second-order valence-electron chi connectivity index (χ2n) is 8.40. The van der Waals surface area contributed by atoms with Crippen LogP contribution in [0.2, 0.25) is 0 Å². The lowest BCUT2D eigenvalue weighted by Gasteiger charge is -2.30. The number of nitrogens with zero attached hydrogens (tertiary/aromatic N) is 2. The van der Waals surface area contributed by atoms with Gasteiger partial charge in [0.25, 0.3) is 10.0 Å². The maximum Gasteiger partial charge on any atom is 0.264 e. The molecule has 2 aromatic carbocycles. The fourth-order valence-corrected chi connectivity index (χ4v) is 6.79. The first-order valence-electron chi connectivity index (χ1n) is 11.2. The Morgan fingerprint density at radius 3 is 2.73 bits per heavy atom. The molecule has 0 atom stereocenters. The number of anilines is 2. The Labute approximate surface area is 198 Å². The van der Waals surface area contributed by atoms with Crippen LogP contribution < -0.4 is 13.9 Å². The van der Waals surface area contributed by atoms with Gasteiger partial charge in [0.15, 0.2) is 0 Å². The van der Waals surface area contributed by atoms with Crippen LogP contribution in [0.5, 0.6) is 5.75 Å². The molecule has 0 spiro atoms. The molecule has 8 heteroatoms. The molecule has 1 amide bonds. The number of hydrogen-bond acceptors (Lipinski definition) is 5. The van der Waals surface area contributed by atoms with Gasteiger partial charge in [0.1, 0.15) is 5.75 Å². The minimum Gasteiger partial charge on any atom is -0.493 e. The van der Waals surface area contributed by atoms with Crippen molar-refractivity contribution in [3.8, 4) is 5.75 Å². The molecular weight excluding hydrogens is 456 g/mol. The summed E-state index contributed by atoms with van der Waals surface area (Å²) in [6.07, 6.45) is 3.47. The molecule has 0 saturated carbocycles. The SMILES string of the molecule is CC(=O)N1CCCc2cc(S(=O)(=O)N(Cc3cccs3)c3ccc4c(c3)OCCC4)ccc21. The number of thiophene rings is 1. The molecule has 6 nitrogen and oxygen atoms in total. The van der Waals surface area contributed by atoms with Crippen LogP contribution in [0.4, 0.5) is 11.4 Å². The number of carbonyl (C=O) groups excluding carboxylic acids is 1. The molecule has 2 aliphatic heterocycles. The third-order valence-corrected chi connectivity index (χ3v) is 8.83. The second-order valence-corrected chi connectivity index (χ2v) is 11.3. The van der Waals surface area contributed by atoms with Gasteiger partial charge in [-0.25, -0.2) is 8.42 Å². The van der Waals surface area contributed by atoms with E-state index in [2.05, 4.69) is 0 Å². The lowest BCUT2D eigenvalue weighted by Crippen LogP contribution is -2.34. The molecule has 5 rings (SSSR count). The van der Waals surface area contributed by atoms with E-state index in [1.165, 1.54) is 15.6 Å². The molecule has 0 saturated heterocycles. The predicted molar refractivity (Wildman–Crippen MR) is 131 cm³/mol. The highest BCUT2D eigenvalue weighted by molar-refractivity contribution is 7.92. The Hall–Kier alpha value is -2.84. The molecule has 3 heterocycles. The van der Waals surface area contributed by atoms with Gasteiger partial charge in [-0.3, -0.25) is 9.10 Å². The Morgan fingerprint density at radius 2 is 1.94 bits per heavy atom. The summed E-state index contributed by atoms with van der Waals surface area (Å²) >= 11 is 1.53. The van der Waals surface area contributed by atoms with Crippen molar-refractivity contribution in [2.24, 2.45) is 0 Å². The summed E-state index contributed by atoms with van der Waals surface area (Å²) in [6.45, 7) is 3.09. The smallest absolute Gasteiger partial charge is 0.264 e. The van der Waals surface area contributed by atoms with E-state index in [9.17, 15) is 13.2 Å². The fourth-order valence-electron chi connectivity index (χ4n) is 4.53. The zero-order valence-corrected chi connectivity index (χ0v) is 20.1. The number of rotatable bonds is 5. The third kappa shape index (κ3) is 4.25. The van der Waals surface area contributed by atoms with E-state index in [-0.39, 0.29) is 17.3 Å². The van der Waals surface area contributed by atoms with Crippen molar-refractivity contribution < 1.29 is 17.9 Å². The van der Waals surface area contributed by atoms with Crippen molar-refractivity contribution in [3.63, 3.8) is 0 Å². The summed E-state index contributed by atoms with van der Waals surface area (Å²) in [7, 11) is -3.85. The Morgan fingerprint density at radius 1 is 1.09 bits per heavy atom. The average Bonchev–Trinajstić information content (AvgIpc) is 3.34. The highest BCUT2D eigenvalue weighted by Gasteiger charge is 2.29. The standard InChI is InChI=1S/C25H26N2O4S2/c1-18(28)26-12-2-5-20-15-23(10-11-24(20)26)33(29,30)27(17-22-7-4-14-32-22)21-9-8-19-6-3-13-31-25(19)16-21/h4,7-11,14-16H,2-3,5-6,12-13,17H2,1H3. The van der Waals surface area contributed by atoms with Crippen molar-refractivity contribution in [2.45, 2.75) is 44.0 Å². The van der Waals surface area contributed by atoms with Crippen molar-refractivity contribution in [2.75, 3.05) is 22.4 Å². The third-order valence-electron chi connectivity index (χ3n) is 6.20. The second kappa shape index (κ2) is 8.83. The van der Waals surface area contributed by atoms with Crippen LogP contribution in [0.1, 0.15) is 35.8 Å². The first kappa shape index (κ1) is 22.0. The molecule has 0 radical (unpaired) electrons. The molecule has 2 aliphatic rings. The molecule has 0 N–H and O–H groups in total. The number of sulfonamides is 1. The highest BCUT2D eigenvalue weighted by atomic mass is 32.2. The van der Waals surface area contributed by atoms with Gasteiger partial charge >= 0.3 is 0 Å². The van der Waals surface area contributed by atoms with Crippen molar-refractivity contribution in [1.29, 1.82) is 0 Å². The first-order valence-corrected chi connectivity index (χ1v) is 13.5. The predicted octanol–water partition coefficient (Wildman–Crippen LogP) is 4.77. The molecule has 0 aliphatic carbocycles. The summed E-state index contributed by atoms with van der Waals surface area (Å²) in [6, 6.07) is 14.7. The van der Waals surface area contributed by atoms with Crippen LogP contribution in [0.3, 0.4) is 0 Å². The number of aryl methyl sites for hydroxylation is 2. The van der Waals surface area contributed by atoms with Crippen LogP contribution in [0.15, 0.2) is 58.8 Å². The summed E-state index contributed by atoms with van der Waals surface area (Å²) < 4.78 is 35.2. The molecule has 0 fully saturated rings. The monoisotopic (exact) mass is 482 g/mol. The summed E-state index contributed by atoms with van der Waals surface area (Å²) in [4.78, 5) is 14.9. The van der Waals surface area contributed by atoms with E-state index in [4.69, 9.17) is 4.74 Å². The normalized spacial score (nSPS) is 15.4. The number of benzene rings is 2. The maximum absolute atomic E-state index is 13.9. The number of fused-ring (bicyclic) bond motifs is 2. The molecule has 0 bridgehead atoms. The van der Waals surface area contributed by atoms with Gasteiger partial charge < -0.3 is 9.64 Å². The van der Waals surface area contributed by atoms with Crippen molar-refractivity contribution in [1.82, 2.24) is 0 Å². The Bertz CT molecular complexity index is 1290. The Kier molecular flexibility index (Phi) is 5.88. The number of carbonyl (C=O) groups is 1. The van der Waals surface area contributed by atoms with Gasteiger partial charge in [0, 0.05) is 30.1 Å². The maximum atomic E-state index is 13.9. The van der Waals surface area contributed by atoms with Gasteiger partial charge in [0.05, 0.1) is 23.7 Å². The number of amides is 1. The lowest BCUT2D eigenvalue weighted by molar-refractivity contribution is -0.116. The fraction of sp³-hybridized carbons (Fsp3) is 0.320. The Balaban J connectivity index is 1.57. The first-order chi connectivity index (χ1) is 15.9. The van der Waals surface area contributed by atoms with Crippen LogP contribution in [0.25, 0.3) is 0 Å². The molecule has 33 heavy (non-hydrogen) atoms. The molecule has 3 aromatic rings. The van der Waals surface area contributed by atoms with E-state index in [1.807, 2.05) is 35.7 Å². The highest BCUT2D eigenvalue weighted by Crippen LogP contribution is 2.36. The zero-order valence-electron chi connectivity index (χ0n) is 18.5. The van der Waals surface area contributed by atoms with Gasteiger partial charge in [0.2, 0.25) is 5.91 Å². The molecule has 172 valence electrons. The summed E-state index contributed by atoms with van der Waals surface area (Å²) in [5, 5.41) is 1.95. The summed E-state index contributed by atoms with van der Waals surface area (Å²) in [5.41, 5.74) is 3.39. The van der Waals surface area contributed by atoms with Gasteiger partial charge in [-0.05, 0) is 72.5 Å². The largest absolute Gasteiger partial charge is 0.493 e. The lowest BCUT2D eigenvalue weighted by atomic mass is 10.0. The van der Waals surface area contributed by atoms with E-state index in [1.54, 1.807) is 30.0 Å². The molecule has 0 unspecified atom stereocenters. The average molecular weight is 483 g/mol. The number of ether oxygens (including phenoxy) is 1. The van der Waals surface area contributed by atoms with Crippen LogP contribution in [-0.4, -0.2) is 27.5 Å². The van der Waals surface area contributed by atoms with Crippen molar-refractivity contribution in [3.05, 3.63) is 69.9 Å². The van der Waals surface area contributed by atoms with Crippen molar-refractivity contribution >= 4 is 38.6 Å². The van der Waals surface area contributed by atoms with Gasteiger partial charge in [-0.15, -0.1) is 11.3 Å². The minimum absolute atomic E-state index is 0.0278. The quantitative estimate of drug-likeness (QED) is 0.526. The number of hydrogen-bond donors (Lipinski definition) is 0. The van der Waals surface area contributed by atoms with Crippen LogP contribution >= 0.6 is 11.3 Å². The van der Waals surface area contributed by atoms with E-state index >= 15 is 0 Å².